The van der Waals surface area contributed by atoms with E-state index in [0.29, 0.717) is 45.0 Å². The summed E-state index contributed by atoms with van der Waals surface area (Å²) in [5, 5.41) is 11.0. The minimum Gasteiger partial charge on any atom is -0.488 e. The van der Waals surface area contributed by atoms with Gasteiger partial charge in [-0.1, -0.05) is 30.3 Å². The van der Waals surface area contributed by atoms with Crippen molar-refractivity contribution < 1.29 is 28.7 Å². The standard InChI is InChI=1S/C41H46N8O6/c1-22-14-25-16-29(26-7-5-6-24(15-26)18-34(50)44-21-35(51)47-32(17-25)37(43)52)36(22)49-40(54)31(11-13-42)48-39(53)30-20-45-38(46-23(30)2)28-8-9-33-27(19-28)10-12-41(3,4)55-33/h5-9,14-16,19-20,31-32H,10-13,17-18,21,42H2,1-4H3,(H2,43,52)(H,44,50)(H,47,51)(H,48,53)(H,49,54)/t31-,32?/m0/s1. The van der Waals surface area contributed by atoms with Gasteiger partial charge in [0.25, 0.3) is 5.91 Å². The van der Waals surface area contributed by atoms with E-state index in [4.69, 9.17) is 16.2 Å². The minimum absolute atomic E-state index is 0.00376. The molecular weight excluding hydrogens is 701 g/mol. The number of nitrogens with one attached hydrogen (secondary N) is 4. The summed E-state index contributed by atoms with van der Waals surface area (Å²) in [5.74, 6) is -1.39. The number of nitrogens with zero attached hydrogens (tertiary/aromatic N) is 2. The van der Waals surface area contributed by atoms with Crippen LogP contribution in [-0.2, 0) is 38.4 Å². The topological polar surface area (TPSA) is 221 Å². The van der Waals surface area contributed by atoms with Crippen LogP contribution in [0.3, 0.4) is 0 Å². The largest absolute Gasteiger partial charge is 0.488 e. The second kappa shape index (κ2) is 16.1. The molecule has 6 rings (SSSR count). The monoisotopic (exact) mass is 746 g/mol. The lowest BCUT2D eigenvalue weighted by Gasteiger charge is -2.32. The summed E-state index contributed by atoms with van der Waals surface area (Å²) >= 11 is 0. The van der Waals surface area contributed by atoms with Crippen molar-refractivity contribution in [2.45, 2.75) is 77.5 Å². The van der Waals surface area contributed by atoms with E-state index in [9.17, 15) is 24.0 Å². The molecule has 55 heavy (non-hydrogen) atoms. The van der Waals surface area contributed by atoms with Crippen molar-refractivity contribution in [2.24, 2.45) is 11.5 Å². The van der Waals surface area contributed by atoms with Gasteiger partial charge >= 0.3 is 0 Å². The first-order chi connectivity index (χ1) is 26.2. The number of benzene rings is 3. The summed E-state index contributed by atoms with van der Waals surface area (Å²) in [5.41, 5.74) is 17.7. The number of fused-ring (bicyclic) bond motifs is 6. The van der Waals surface area contributed by atoms with E-state index in [2.05, 4.69) is 45.1 Å². The fourth-order valence-corrected chi connectivity index (χ4v) is 6.86. The smallest absolute Gasteiger partial charge is 0.255 e. The van der Waals surface area contributed by atoms with E-state index in [-0.39, 0.29) is 49.4 Å². The molecular formula is C41H46N8O6. The highest BCUT2D eigenvalue weighted by Gasteiger charge is 2.28. The second-order valence-corrected chi connectivity index (χ2v) is 14.7. The van der Waals surface area contributed by atoms with Crippen LogP contribution in [0.5, 0.6) is 5.75 Å². The molecule has 1 unspecified atom stereocenters. The molecule has 5 amide bonds. The van der Waals surface area contributed by atoms with Crippen molar-refractivity contribution in [3.05, 3.63) is 94.3 Å². The van der Waals surface area contributed by atoms with Gasteiger partial charge in [-0.15, -0.1) is 0 Å². The molecule has 3 aromatic carbocycles. The van der Waals surface area contributed by atoms with Crippen molar-refractivity contribution in [3.63, 3.8) is 0 Å². The van der Waals surface area contributed by atoms with Crippen molar-refractivity contribution in [2.75, 3.05) is 18.4 Å². The Labute approximate surface area is 319 Å². The molecule has 0 saturated carbocycles. The van der Waals surface area contributed by atoms with Gasteiger partial charge in [0.15, 0.2) is 5.82 Å². The van der Waals surface area contributed by atoms with Gasteiger partial charge in [-0.05, 0) is 106 Å². The third kappa shape index (κ3) is 9.15. The normalized spacial score (nSPS) is 16.9. The number of ether oxygens (including phenoxy) is 1. The number of carbonyl (C=O) groups is 5. The van der Waals surface area contributed by atoms with Gasteiger partial charge in [-0.3, -0.25) is 24.0 Å². The fourth-order valence-electron chi connectivity index (χ4n) is 6.86. The van der Waals surface area contributed by atoms with Crippen LogP contribution in [0.4, 0.5) is 5.69 Å². The van der Waals surface area contributed by atoms with Gasteiger partial charge in [0, 0.05) is 23.7 Å². The molecule has 1 aromatic heterocycles. The molecule has 0 aliphatic carbocycles. The number of aryl methyl sites for hydroxylation is 3. The lowest BCUT2D eigenvalue weighted by atomic mass is 9.93. The number of amides is 5. The summed E-state index contributed by atoms with van der Waals surface area (Å²) in [6, 6.07) is 14.7. The lowest BCUT2D eigenvalue weighted by Crippen LogP contribution is -2.49. The zero-order chi connectivity index (χ0) is 39.4. The van der Waals surface area contributed by atoms with E-state index >= 15 is 0 Å². The van der Waals surface area contributed by atoms with E-state index in [1.165, 1.54) is 6.20 Å². The van der Waals surface area contributed by atoms with Gasteiger partial charge in [-0.25, -0.2) is 9.97 Å². The van der Waals surface area contributed by atoms with E-state index in [1.54, 1.807) is 32.0 Å². The first kappa shape index (κ1) is 38.6. The molecule has 2 aliphatic rings. The predicted molar refractivity (Wildman–Crippen MR) is 207 cm³/mol. The predicted octanol–water partition coefficient (Wildman–Crippen LogP) is 2.80. The summed E-state index contributed by atoms with van der Waals surface area (Å²) in [6.45, 7) is 7.46. The maximum absolute atomic E-state index is 14.0. The Morgan fingerprint density at radius 1 is 1.02 bits per heavy atom. The highest BCUT2D eigenvalue weighted by molar-refractivity contribution is 6.04. The van der Waals surface area contributed by atoms with E-state index in [0.717, 1.165) is 29.7 Å². The number of hydrogen-bond acceptors (Lipinski definition) is 9. The minimum atomic E-state index is -1.04. The van der Waals surface area contributed by atoms with Crippen molar-refractivity contribution >= 4 is 35.2 Å². The summed E-state index contributed by atoms with van der Waals surface area (Å²) in [4.78, 5) is 74.3. The number of nitrogens with two attached hydrogens (primary N) is 2. The molecule has 2 atom stereocenters. The number of anilines is 1. The summed E-state index contributed by atoms with van der Waals surface area (Å²) in [6.07, 6.45) is 3.42. The molecule has 4 bridgehead atoms. The Morgan fingerprint density at radius 2 is 1.82 bits per heavy atom. The SMILES string of the molecule is Cc1cc2cc(c1NC(=O)[C@H](CCN)NC(=O)c1cnc(-c3ccc4c(c3)CCC(C)(C)O4)nc1C)-c1cccc(c1)CC(=O)NCC(=O)NC(C(N)=O)C2. The van der Waals surface area contributed by atoms with Crippen LogP contribution in [0.1, 0.15) is 65.0 Å². The quantitative estimate of drug-likeness (QED) is 0.156. The Morgan fingerprint density at radius 3 is 2.56 bits per heavy atom. The van der Waals surface area contributed by atoms with Crippen molar-refractivity contribution in [1.29, 1.82) is 0 Å². The highest BCUT2D eigenvalue weighted by atomic mass is 16.5. The van der Waals surface area contributed by atoms with Gasteiger partial charge < -0.3 is 37.5 Å². The number of aromatic nitrogens is 2. The molecule has 0 spiro atoms. The first-order valence-corrected chi connectivity index (χ1v) is 18.3. The molecule has 14 nitrogen and oxygen atoms in total. The molecule has 14 heteroatoms. The Balaban J connectivity index is 1.26. The number of rotatable bonds is 8. The third-order valence-corrected chi connectivity index (χ3v) is 9.81. The van der Waals surface area contributed by atoms with Crippen LogP contribution in [0.25, 0.3) is 22.5 Å². The van der Waals surface area contributed by atoms with Gasteiger partial charge in [-0.2, -0.15) is 0 Å². The molecule has 0 radical (unpaired) electrons. The zero-order valence-electron chi connectivity index (χ0n) is 31.4. The second-order valence-electron chi connectivity index (χ2n) is 14.7. The summed E-state index contributed by atoms with van der Waals surface area (Å²) in [7, 11) is 0. The average molecular weight is 747 g/mol. The molecule has 0 saturated heterocycles. The van der Waals surface area contributed by atoms with Crippen LogP contribution >= 0.6 is 0 Å². The van der Waals surface area contributed by atoms with Crippen LogP contribution in [0, 0.1) is 13.8 Å². The number of carbonyl (C=O) groups excluding carboxylic acids is 5. The van der Waals surface area contributed by atoms with Crippen LogP contribution in [-0.4, -0.2) is 70.3 Å². The number of hydrogen-bond donors (Lipinski definition) is 6. The van der Waals surface area contributed by atoms with Gasteiger partial charge in [0.05, 0.1) is 29.9 Å². The molecule has 286 valence electrons. The van der Waals surface area contributed by atoms with E-state index < -0.39 is 35.7 Å². The molecule has 0 fully saturated rings. The van der Waals surface area contributed by atoms with Crippen LogP contribution in [0.2, 0.25) is 0 Å². The fraction of sp³-hybridized carbons (Fsp3) is 0.341. The van der Waals surface area contributed by atoms with Crippen molar-refractivity contribution in [3.8, 4) is 28.3 Å². The Kier molecular flexibility index (Phi) is 11.3. The first-order valence-electron chi connectivity index (χ1n) is 18.3. The van der Waals surface area contributed by atoms with Gasteiger partial charge in [0.1, 0.15) is 23.4 Å². The Bertz CT molecular complexity index is 2180. The summed E-state index contributed by atoms with van der Waals surface area (Å²) < 4.78 is 6.11. The van der Waals surface area contributed by atoms with Crippen molar-refractivity contribution in [1.82, 2.24) is 25.9 Å². The zero-order valence-corrected chi connectivity index (χ0v) is 31.4. The maximum Gasteiger partial charge on any atom is 0.255 e. The highest BCUT2D eigenvalue weighted by Crippen LogP contribution is 2.36. The third-order valence-electron chi connectivity index (χ3n) is 9.81. The maximum atomic E-state index is 14.0. The Hall–Kier alpha value is -6.15. The lowest BCUT2D eigenvalue weighted by molar-refractivity contribution is -0.128. The van der Waals surface area contributed by atoms with Gasteiger partial charge in [0.2, 0.25) is 23.6 Å². The molecule has 4 aromatic rings. The molecule has 2 aliphatic heterocycles. The van der Waals surface area contributed by atoms with Crippen LogP contribution in [0.15, 0.2) is 60.8 Å². The van der Waals surface area contributed by atoms with Crippen LogP contribution < -0.4 is 37.5 Å². The molecule has 8 N–H and O–H groups in total. The number of primary amides is 1. The molecule has 3 heterocycles. The average Bonchev–Trinajstić information content (AvgIpc) is 3.13. The van der Waals surface area contributed by atoms with E-state index in [1.807, 2.05) is 36.4 Å².